The van der Waals surface area contributed by atoms with Crippen molar-refractivity contribution in [1.82, 2.24) is 19.7 Å². The summed E-state index contributed by atoms with van der Waals surface area (Å²) in [6.45, 7) is 0.792. The first-order chi connectivity index (χ1) is 10.3. The van der Waals surface area contributed by atoms with Crippen LogP contribution in [0, 0.1) is 5.92 Å². The second kappa shape index (κ2) is 6.22. The average molecular weight is 287 g/mol. The van der Waals surface area contributed by atoms with Crippen LogP contribution in [-0.2, 0) is 11.8 Å². The van der Waals surface area contributed by atoms with Gasteiger partial charge in [-0.2, -0.15) is 5.10 Å². The summed E-state index contributed by atoms with van der Waals surface area (Å²) in [7, 11) is 3.66. The summed E-state index contributed by atoms with van der Waals surface area (Å²) in [6.07, 6.45) is 9.14. The van der Waals surface area contributed by atoms with E-state index in [0.717, 1.165) is 24.3 Å². The fourth-order valence-electron chi connectivity index (χ4n) is 2.95. The first kappa shape index (κ1) is 14.0. The molecule has 21 heavy (non-hydrogen) atoms. The van der Waals surface area contributed by atoms with E-state index in [4.69, 9.17) is 4.74 Å². The molecule has 0 radical (unpaired) electrons. The maximum absolute atomic E-state index is 5.30. The Hall–Kier alpha value is -1.95. The zero-order valence-electron chi connectivity index (χ0n) is 12.5. The van der Waals surface area contributed by atoms with Gasteiger partial charge in [0.2, 0.25) is 5.95 Å². The molecule has 0 spiro atoms. The van der Waals surface area contributed by atoms with E-state index in [1.54, 1.807) is 18.0 Å². The van der Waals surface area contributed by atoms with Gasteiger partial charge < -0.3 is 10.1 Å². The Labute approximate surface area is 124 Å². The Bertz CT molecular complexity index is 597. The Morgan fingerprint density at radius 1 is 1.43 bits per heavy atom. The summed E-state index contributed by atoms with van der Waals surface area (Å²) in [4.78, 5) is 8.94. The number of hydrogen-bond acceptors (Lipinski definition) is 5. The fraction of sp³-hybridized carbons (Fsp3) is 0.533. The maximum Gasteiger partial charge on any atom is 0.223 e. The third-order valence-electron chi connectivity index (χ3n) is 4.01. The third-order valence-corrected chi connectivity index (χ3v) is 4.01. The molecule has 0 aliphatic heterocycles. The Balaban J connectivity index is 1.74. The minimum absolute atomic E-state index is 0.397. The first-order valence-corrected chi connectivity index (χ1v) is 7.34. The first-order valence-electron chi connectivity index (χ1n) is 7.34. The number of rotatable bonds is 5. The van der Waals surface area contributed by atoms with E-state index in [2.05, 4.69) is 20.4 Å². The Morgan fingerprint density at radius 3 is 3.10 bits per heavy atom. The molecule has 112 valence electrons. The Morgan fingerprint density at radius 2 is 2.33 bits per heavy atom. The van der Waals surface area contributed by atoms with Gasteiger partial charge in [-0.05, 0) is 18.9 Å². The fourth-order valence-corrected chi connectivity index (χ4v) is 2.95. The summed E-state index contributed by atoms with van der Waals surface area (Å²) >= 11 is 0. The van der Waals surface area contributed by atoms with Crippen molar-refractivity contribution >= 4 is 5.95 Å². The van der Waals surface area contributed by atoms with Gasteiger partial charge in [-0.25, -0.2) is 9.97 Å². The van der Waals surface area contributed by atoms with E-state index in [-0.39, 0.29) is 0 Å². The molecule has 1 N–H and O–H groups in total. The molecule has 2 atom stereocenters. The molecular formula is C15H21N5O. The normalized spacial score (nSPS) is 21.6. The van der Waals surface area contributed by atoms with Crippen LogP contribution in [0.4, 0.5) is 5.95 Å². The highest BCUT2D eigenvalue weighted by Crippen LogP contribution is 2.28. The SMILES string of the molecule is COC[C@H]1CCC[C@H]1Nc1nccc(-c2cnn(C)c2)n1. The van der Waals surface area contributed by atoms with E-state index >= 15 is 0 Å². The third kappa shape index (κ3) is 3.21. The molecule has 0 bridgehead atoms. The highest BCUT2D eigenvalue weighted by molar-refractivity contribution is 5.57. The highest BCUT2D eigenvalue weighted by atomic mass is 16.5. The number of aromatic nitrogens is 4. The predicted molar refractivity (Wildman–Crippen MR) is 80.9 cm³/mol. The van der Waals surface area contributed by atoms with Gasteiger partial charge in [-0.3, -0.25) is 4.68 Å². The lowest BCUT2D eigenvalue weighted by Gasteiger charge is -2.20. The van der Waals surface area contributed by atoms with Crippen molar-refractivity contribution in [1.29, 1.82) is 0 Å². The van der Waals surface area contributed by atoms with E-state index in [9.17, 15) is 0 Å². The molecule has 1 saturated carbocycles. The van der Waals surface area contributed by atoms with E-state index < -0.39 is 0 Å². The molecule has 3 rings (SSSR count). The van der Waals surface area contributed by atoms with Gasteiger partial charge in [-0.1, -0.05) is 6.42 Å². The lowest BCUT2D eigenvalue weighted by molar-refractivity contribution is 0.150. The molecule has 2 heterocycles. The molecule has 6 nitrogen and oxygen atoms in total. The molecule has 1 aliphatic carbocycles. The molecule has 2 aromatic rings. The van der Waals surface area contributed by atoms with Crippen molar-refractivity contribution < 1.29 is 4.74 Å². The quantitative estimate of drug-likeness (QED) is 0.912. The number of aryl methyl sites for hydroxylation is 1. The van der Waals surface area contributed by atoms with Crippen LogP contribution in [0.1, 0.15) is 19.3 Å². The highest BCUT2D eigenvalue weighted by Gasteiger charge is 2.27. The molecule has 6 heteroatoms. The zero-order valence-corrected chi connectivity index (χ0v) is 12.5. The lowest BCUT2D eigenvalue weighted by atomic mass is 10.1. The van der Waals surface area contributed by atoms with Crippen LogP contribution in [0.3, 0.4) is 0 Å². The number of anilines is 1. The van der Waals surface area contributed by atoms with Gasteiger partial charge in [0.15, 0.2) is 0 Å². The number of hydrogen-bond donors (Lipinski definition) is 1. The zero-order chi connectivity index (χ0) is 14.7. The van der Waals surface area contributed by atoms with Crippen LogP contribution in [-0.4, -0.2) is 39.5 Å². The van der Waals surface area contributed by atoms with Crippen LogP contribution in [0.2, 0.25) is 0 Å². The summed E-state index contributed by atoms with van der Waals surface area (Å²) in [5.41, 5.74) is 1.89. The number of nitrogens with one attached hydrogen (secondary N) is 1. The van der Waals surface area contributed by atoms with Crippen molar-refractivity contribution in [3.63, 3.8) is 0 Å². The van der Waals surface area contributed by atoms with Crippen molar-refractivity contribution in [2.24, 2.45) is 13.0 Å². The second-order valence-corrected chi connectivity index (χ2v) is 5.57. The Kier molecular flexibility index (Phi) is 4.15. The topological polar surface area (TPSA) is 64.9 Å². The molecule has 0 unspecified atom stereocenters. The molecular weight excluding hydrogens is 266 g/mol. The van der Waals surface area contributed by atoms with Gasteiger partial charge in [0, 0.05) is 44.1 Å². The summed E-state index contributed by atoms with van der Waals surface area (Å²) in [5.74, 6) is 1.23. The molecule has 2 aromatic heterocycles. The van der Waals surface area contributed by atoms with Gasteiger partial charge >= 0.3 is 0 Å². The average Bonchev–Trinajstić information content (AvgIpc) is 3.10. The van der Waals surface area contributed by atoms with Crippen LogP contribution in [0.5, 0.6) is 0 Å². The largest absolute Gasteiger partial charge is 0.384 e. The summed E-state index contributed by atoms with van der Waals surface area (Å²) in [5, 5.41) is 7.64. The molecule has 1 aliphatic rings. The molecule has 0 amide bonds. The van der Waals surface area contributed by atoms with Crippen molar-refractivity contribution in [2.45, 2.75) is 25.3 Å². The molecule has 0 aromatic carbocycles. The smallest absolute Gasteiger partial charge is 0.223 e. The minimum Gasteiger partial charge on any atom is -0.384 e. The number of nitrogens with zero attached hydrogens (tertiary/aromatic N) is 4. The number of methoxy groups -OCH3 is 1. The van der Waals surface area contributed by atoms with Gasteiger partial charge in [0.25, 0.3) is 0 Å². The van der Waals surface area contributed by atoms with E-state index in [1.807, 2.05) is 25.5 Å². The van der Waals surface area contributed by atoms with Gasteiger partial charge in [0.05, 0.1) is 18.5 Å². The summed E-state index contributed by atoms with van der Waals surface area (Å²) in [6, 6.07) is 2.30. The van der Waals surface area contributed by atoms with Gasteiger partial charge in [-0.15, -0.1) is 0 Å². The monoisotopic (exact) mass is 287 g/mol. The van der Waals surface area contributed by atoms with E-state index in [0.29, 0.717) is 17.9 Å². The maximum atomic E-state index is 5.30. The molecule has 1 fully saturated rings. The van der Waals surface area contributed by atoms with Crippen molar-refractivity contribution in [3.8, 4) is 11.3 Å². The number of ether oxygens (including phenoxy) is 1. The standard InChI is InChI=1S/C15H21N5O/c1-20-9-12(8-17-20)14-6-7-16-15(19-14)18-13-5-3-4-11(13)10-21-2/h6-9,11,13H,3-5,10H2,1-2H3,(H,16,18,19)/t11-,13-/m1/s1. The van der Waals surface area contributed by atoms with Crippen LogP contribution < -0.4 is 5.32 Å². The van der Waals surface area contributed by atoms with Crippen molar-refractivity contribution in [2.75, 3.05) is 19.0 Å². The summed E-state index contributed by atoms with van der Waals surface area (Å²) < 4.78 is 7.07. The lowest BCUT2D eigenvalue weighted by Crippen LogP contribution is -2.27. The van der Waals surface area contributed by atoms with Crippen LogP contribution in [0.25, 0.3) is 11.3 Å². The van der Waals surface area contributed by atoms with E-state index in [1.165, 1.54) is 12.8 Å². The predicted octanol–water partition coefficient (Wildman–Crippen LogP) is 2.10. The van der Waals surface area contributed by atoms with Crippen LogP contribution in [0.15, 0.2) is 24.7 Å². The minimum atomic E-state index is 0.397. The second-order valence-electron chi connectivity index (χ2n) is 5.57. The van der Waals surface area contributed by atoms with Gasteiger partial charge in [0.1, 0.15) is 0 Å². The van der Waals surface area contributed by atoms with Crippen LogP contribution >= 0.6 is 0 Å². The van der Waals surface area contributed by atoms with Crippen molar-refractivity contribution in [3.05, 3.63) is 24.7 Å². The molecule has 0 saturated heterocycles.